The molecule has 0 fully saturated rings. The fourth-order valence-corrected chi connectivity index (χ4v) is 2.48. The second kappa shape index (κ2) is 6.09. The van der Waals surface area contributed by atoms with Crippen molar-refractivity contribution in [2.24, 2.45) is 0 Å². The van der Waals surface area contributed by atoms with Gasteiger partial charge in [0, 0.05) is 23.4 Å². The monoisotopic (exact) mass is 354 g/mol. The minimum absolute atomic E-state index is 0.0298. The Morgan fingerprint density at radius 3 is 2.62 bits per heavy atom. The van der Waals surface area contributed by atoms with Gasteiger partial charge in [0.15, 0.2) is 0 Å². The SMILES string of the molecule is CC(Nc1ccc([N+](=O)[O-])c(Br)c1)c1ccc(F)cc1O. The first-order chi connectivity index (χ1) is 9.88. The Balaban J connectivity index is 2.21. The summed E-state index contributed by atoms with van der Waals surface area (Å²) in [6, 6.07) is 8.03. The summed E-state index contributed by atoms with van der Waals surface area (Å²) in [4.78, 5) is 10.3. The van der Waals surface area contributed by atoms with Gasteiger partial charge in [0.1, 0.15) is 11.6 Å². The quantitative estimate of drug-likeness (QED) is 0.631. The predicted octanol–water partition coefficient (Wildman–Crippen LogP) is 4.38. The van der Waals surface area contributed by atoms with Gasteiger partial charge in [-0.1, -0.05) is 6.07 Å². The van der Waals surface area contributed by atoms with E-state index in [0.29, 0.717) is 15.7 Å². The van der Waals surface area contributed by atoms with E-state index in [4.69, 9.17) is 0 Å². The van der Waals surface area contributed by atoms with Gasteiger partial charge in [-0.25, -0.2) is 4.39 Å². The molecule has 0 bridgehead atoms. The Bertz CT molecular complexity index is 694. The Kier molecular flexibility index (Phi) is 4.42. The molecule has 0 spiro atoms. The number of aromatic hydroxyl groups is 1. The molecule has 0 radical (unpaired) electrons. The van der Waals surface area contributed by atoms with Crippen molar-refractivity contribution < 1.29 is 14.4 Å². The van der Waals surface area contributed by atoms with Crippen LogP contribution >= 0.6 is 15.9 Å². The number of nitrogens with zero attached hydrogens (tertiary/aromatic N) is 1. The third-order valence-electron chi connectivity index (χ3n) is 2.99. The number of nitro groups is 1. The van der Waals surface area contributed by atoms with Crippen molar-refractivity contribution in [3.8, 4) is 5.75 Å². The normalized spacial score (nSPS) is 12.0. The van der Waals surface area contributed by atoms with E-state index >= 15 is 0 Å². The summed E-state index contributed by atoms with van der Waals surface area (Å²) < 4.78 is 13.3. The molecule has 0 aliphatic carbocycles. The lowest BCUT2D eigenvalue weighted by atomic mass is 10.1. The van der Waals surface area contributed by atoms with Gasteiger partial charge < -0.3 is 10.4 Å². The average Bonchev–Trinajstić information content (AvgIpc) is 2.37. The number of halogens is 2. The molecule has 0 amide bonds. The highest BCUT2D eigenvalue weighted by Crippen LogP contribution is 2.31. The highest BCUT2D eigenvalue weighted by Gasteiger charge is 2.14. The molecular weight excluding hydrogens is 343 g/mol. The van der Waals surface area contributed by atoms with Crippen molar-refractivity contribution in [3.05, 3.63) is 62.4 Å². The lowest BCUT2D eigenvalue weighted by Gasteiger charge is -2.17. The van der Waals surface area contributed by atoms with E-state index in [2.05, 4.69) is 21.2 Å². The molecule has 0 aliphatic heterocycles. The Labute approximate surface area is 128 Å². The van der Waals surface area contributed by atoms with E-state index in [1.807, 2.05) is 0 Å². The highest BCUT2D eigenvalue weighted by atomic mass is 79.9. The summed E-state index contributed by atoms with van der Waals surface area (Å²) in [5, 5.41) is 23.6. The van der Waals surface area contributed by atoms with Crippen molar-refractivity contribution in [2.75, 3.05) is 5.32 Å². The minimum atomic E-state index is -0.512. The van der Waals surface area contributed by atoms with E-state index in [-0.39, 0.29) is 17.5 Å². The lowest BCUT2D eigenvalue weighted by molar-refractivity contribution is -0.385. The first-order valence-corrected chi connectivity index (χ1v) is 6.86. The first-order valence-electron chi connectivity index (χ1n) is 6.07. The van der Waals surface area contributed by atoms with E-state index in [9.17, 15) is 19.6 Å². The van der Waals surface area contributed by atoms with Crippen molar-refractivity contribution in [2.45, 2.75) is 13.0 Å². The molecule has 2 rings (SSSR count). The summed E-state index contributed by atoms with van der Waals surface area (Å²) in [6.45, 7) is 1.79. The molecule has 0 saturated heterocycles. The number of benzene rings is 2. The number of phenolic OH excluding ortho intramolecular Hbond substituents is 1. The summed E-state index contributed by atoms with van der Waals surface area (Å²) in [7, 11) is 0. The molecule has 21 heavy (non-hydrogen) atoms. The van der Waals surface area contributed by atoms with Gasteiger partial charge in [0.25, 0.3) is 5.69 Å². The van der Waals surface area contributed by atoms with Crippen molar-refractivity contribution in [3.63, 3.8) is 0 Å². The molecule has 5 nitrogen and oxygen atoms in total. The molecule has 2 aromatic rings. The highest BCUT2D eigenvalue weighted by molar-refractivity contribution is 9.10. The first kappa shape index (κ1) is 15.2. The molecule has 0 aliphatic rings. The van der Waals surface area contributed by atoms with Crippen LogP contribution in [0.2, 0.25) is 0 Å². The lowest BCUT2D eigenvalue weighted by Crippen LogP contribution is -2.07. The van der Waals surface area contributed by atoms with Crippen LogP contribution in [0, 0.1) is 15.9 Å². The number of phenols is 1. The van der Waals surface area contributed by atoms with Gasteiger partial charge in [0.05, 0.1) is 15.4 Å². The van der Waals surface area contributed by atoms with Crippen LogP contribution in [0.25, 0.3) is 0 Å². The number of hydrogen-bond acceptors (Lipinski definition) is 4. The zero-order chi connectivity index (χ0) is 15.6. The van der Waals surface area contributed by atoms with Crippen LogP contribution in [0.15, 0.2) is 40.9 Å². The molecular formula is C14H12BrFN2O3. The molecule has 0 saturated carbocycles. The molecule has 1 atom stereocenters. The van der Waals surface area contributed by atoms with Gasteiger partial charge in [0.2, 0.25) is 0 Å². The Morgan fingerprint density at radius 2 is 2.05 bits per heavy atom. The third-order valence-corrected chi connectivity index (χ3v) is 3.62. The summed E-state index contributed by atoms with van der Waals surface area (Å²) in [6.07, 6.45) is 0. The summed E-state index contributed by atoms with van der Waals surface area (Å²) in [5.74, 6) is -0.655. The van der Waals surface area contributed by atoms with E-state index in [1.165, 1.54) is 18.2 Å². The van der Waals surface area contributed by atoms with Gasteiger partial charge in [-0.05, 0) is 41.1 Å². The smallest absolute Gasteiger partial charge is 0.283 e. The maximum atomic E-state index is 13.0. The minimum Gasteiger partial charge on any atom is -0.507 e. The van der Waals surface area contributed by atoms with Crippen LogP contribution in [-0.2, 0) is 0 Å². The van der Waals surface area contributed by atoms with Crippen LogP contribution in [0.3, 0.4) is 0 Å². The molecule has 1 unspecified atom stereocenters. The maximum absolute atomic E-state index is 13.0. The van der Waals surface area contributed by atoms with Crippen LogP contribution in [-0.4, -0.2) is 10.0 Å². The second-order valence-corrected chi connectivity index (χ2v) is 5.35. The fraction of sp³-hybridized carbons (Fsp3) is 0.143. The Morgan fingerprint density at radius 1 is 1.33 bits per heavy atom. The van der Waals surface area contributed by atoms with Crippen molar-refractivity contribution in [1.29, 1.82) is 0 Å². The van der Waals surface area contributed by atoms with E-state index in [0.717, 1.165) is 6.07 Å². The van der Waals surface area contributed by atoms with Gasteiger partial charge in [-0.3, -0.25) is 10.1 Å². The second-order valence-electron chi connectivity index (χ2n) is 4.49. The standard InChI is InChI=1S/C14H12BrFN2O3/c1-8(11-4-2-9(16)6-14(11)19)17-10-3-5-13(18(20)21)12(15)7-10/h2-8,17,19H,1H3. The van der Waals surface area contributed by atoms with Crippen LogP contribution in [0.4, 0.5) is 15.8 Å². The van der Waals surface area contributed by atoms with Crippen LogP contribution < -0.4 is 5.32 Å². The topological polar surface area (TPSA) is 75.4 Å². The third kappa shape index (κ3) is 3.49. The van der Waals surface area contributed by atoms with Gasteiger partial charge in [-0.15, -0.1) is 0 Å². The molecule has 110 valence electrons. The number of rotatable bonds is 4. The van der Waals surface area contributed by atoms with Gasteiger partial charge in [-0.2, -0.15) is 0 Å². The van der Waals surface area contributed by atoms with Gasteiger partial charge >= 0.3 is 0 Å². The number of nitro benzene ring substituents is 1. The van der Waals surface area contributed by atoms with Crippen molar-refractivity contribution >= 4 is 27.3 Å². The van der Waals surface area contributed by atoms with Crippen LogP contribution in [0.1, 0.15) is 18.5 Å². The van der Waals surface area contributed by atoms with E-state index in [1.54, 1.807) is 19.1 Å². The van der Waals surface area contributed by atoms with Crippen LogP contribution in [0.5, 0.6) is 5.75 Å². The summed E-state index contributed by atoms with van der Waals surface area (Å²) in [5.41, 5.74) is 1.15. The zero-order valence-corrected chi connectivity index (χ0v) is 12.6. The van der Waals surface area contributed by atoms with E-state index < -0.39 is 10.7 Å². The number of anilines is 1. The molecule has 7 heteroatoms. The molecule has 2 N–H and O–H groups in total. The predicted molar refractivity (Wildman–Crippen MR) is 80.9 cm³/mol. The maximum Gasteiger partial charge on any atom is 0.283 e. The molecule has 2 aromatic carbocycles. The summed E-state index contributed by atoms with van der Waals surface area (Å²) >= 11 is 3.14. The zero-order valence-electron chi connectivity index (χ0n) is 11.0. The fourth-order valence-electron chi connectivity index (χ4n) is 1.96. The average molecular weight is 355 g/mol. The Hall–Kier alpha value is -2.15. The van der Waals surface area contributed by atoms with Crippen molar-refractivity contribution in [1.82, 2.24) is 0 Å². The number of nitrogens with one attached hydrogen (secondary N) is 1. The molecule has 0 heterocycles. The number of hydrogen-bond donors (Lipinski definition) is 2. The molecule has 0 aromatic heterocycles. The largest absolute Gasteiger partial charge is 0.507 e.